The minimum Gasteiger partial charge on any atom is -0.379 e. The van der Waals surface area contributed by atoms with Gasteiger partial charge in [0.15, 0.2) is 0 Å². The van der Waals surface area contributed by atoms with Crippen molar-refractivity contribution in [3.05, 3.63) is 58.2 Å². The first-order chi connectivity index (χ1) is 14.9. The summed E-state index contributed by atoms with van der Waals surface area (Å²) < 4.78 is 31.9. The number of ether oxygens (including phenoxy) is 1. The molecule has 1 fully saturated rings. The van der Waals surface area contributed by atoms with Gasteiger partial charge in [-0.3, -0.25) is 4.79 Å². The fourth-order valence-corrected chi connectivity index (χ4v) is 5.37. The van der Waals surface area contributed by atoms with E-state index in [0.29, 0.717) is 39.3 Å². The standard InChI is InChI=1S/C21H24N4O4S2/c1-15-24-20(14-30-15)17-4-2-16(3-5-17)6-7-22-21(26)19-12-18(13-23-19)31(27,28)25-8-10-29-11-9-25/h2-5,12-14,23H,6-11H2,1H3,(H,22,26). The SMILES string of the molecule is Cc1nc(-c2ccc(CCNC(=O)c3cc(S(=O)(=O)N4CCOCC4)c[nH]3)cc2)cs1. The number of nitrogens with one attached hydrogen (secondary N) is 2. The second-order valence-electron chi connectivity index (χ2n) is 7.22. The Labute approximate surface area is 185 Å². The van der Waals surface area contributed by atoms with E-state index in [0.717, 1.165) is 21.8 Å². The second-order valence-corrected chi connectivity index (χ2v) is 10.2. The van der Waals surface area contributed by atoms with Crippen LogP contribution in [0.1, 0.15) is 21.1 Å². The summed E-state index contributed by atoms with van der Waals surface area (Å²) in [6.07, 6.45) is 2.03. The van der Waals surface area contributed by atoms with Crippen LogP contribution in [0.3, 0.4) is 0 Å². The Morgan fingerprint density at radius 1 is 1.26 bits per heavy atom. The fourth-order valence-electron chi connectivity index (χ4n) is 3.34. The molecule has 10 heteroatoms. The number of hydrogen-bond donors (Lipinski definition) is 2. The molecule has 0 atom stereocenters. The molecule has 1 amide bonds. The van der Waals surface area contributed by atoms with Crippen molar-refractivity contribution < 1.29 is 17.9 Å². The normalized spacial score (nSPS) is 15.1. The third-order valence-electron chi connectivity index (χ3n) is 5.08. The minimum atomic E-state index is -3.63. The van der Waals surface area contributed by atoms with Crippen LogP contribution in [0.15, 0.2) is 46.8 Å². The molecule has 8 nitrogen and oxygen atoms in total. The molecule has 2 N–H and O–H groups in total. The molecule has 1 aromatic carbocycles. The van der Waals surface area contributed by atoms with Crippen LogP contribution in [0, 0.1) is 6.92 Å². The van der Waals surface area contributed by atoms with E-state index in [-0.39, 0.29) is 16.5 Å². The summed E-state index contributed by atoms with van der Waals surface area (Å²) >= 11 is 1.62. The largest absolute Gasteiger partial charge is 0.379 e. The Bertz CT molecular complexity index is 1150. The maximum Gasteiger partial charge on any atom is 0.267 e. The smallest absolute Gasteiger partial charge is 0.267 e. The summed E-state index contributed by atoms with van der Waals surface area (Å²) in [5, 5.41) is 5.90. The lowest BCUT2D eigenvalue weighted by molar-refractivity contribution is 0.0730. The van der Waals surface area contributed by atoms with Crippen LogP contribution < -0.4 is 5.32 Å². The molecule has 3 aromatic rings. The van der Waals surface area contributed by atoms with E-state index >= 15 is 0 Å². The lowest BCUT2D eigenvalue weighted by Crippen LogP contribution is -2.40. The van der Waals surface area contributed by atoms with Crippen molar-refractivity contribution in [3.8, 4) is 11.3 Å². The number of rotatable bonds is 7. The number of amides is 1. The number of H-pyrrole nitrogens is 1. The Hall–Kier alpha value is -2.53. The van der Waals surface area contributed by atoms with Gasteiger partial charge in [0.25, 0.3) is 5.91 Å². The average molecular weight is 461 g/mol. The number of morpholine rings is 1. The fraction of sp³-hybridized carbons (Fsp3) is 0.333. The Morgan fingerprint density at radius 2 is 2.00 bits per heavy atom. The highest BCUT2D eigenvalue weighted by molar-refractivity contribution is 7.89. The van der Waals surface area contributed by atoms with E-state index in [1.54, 1.807) is 11.3 Å². The van der Waals surface area contributed by atoms with Gasteiger partial charge < -0.3 is 15.0 Å². The van der Waals surface area contributed by atoms with Crippen LogP contribution in [0.4, 0.5) is 0 Å². The average Bonchev–Trinajstić information content (AvgIpc) is 3.45. The summed E-state index contributed by atoms with van der Waals surface area (Å²) in [6.45, 7) is 3.81. The summed E-state index contributed by atoms with van der Waals surface area (Å²) in [5.74, 6) is -0.335. The van der Waals surface area contributed by atoms with Crippen molar-refractivity contribution in [1.82, 2.24) is 19.6 Å². The van der Waals surface area contributed by atoms with Crippen LogP contribution in [-0.2, 0) is 21.2 Å². The van der Waals surface area contributed by atoms with Gasteiger partial charge in [-0.2, -0.15) is 4.31 Å². The summed E-state index contributed by atoms with van der Waals surface area (Å²) in [4.78, 5) is 19.8. The molecule has 3 heterocycles. The zero-order valence-electron chi connectivity index (χ0n) is 17.1. The first kappa shape index (κ1) is 21.7. The highest BCUT2D eigenvalue weighted by Gasteiger charge is 2.27. The zero-order chi connectivity index (χ0) is 21.8. The number of aromatic amines is 1. The molecule has 0 unspecified atom stereocenters. The van der Waals surface area contributed by atoms with Gasteiger partial charge in [0.1, 0.15) is 10.6 Å². The van der Waals surface area contributed by atoms with Crippen molar-refractivity contribution in [2.75, 3.05) is 32.8 Å². The zero-order valence-corrected chi connectivity index (χ0v) is 18.8. The molecule has 0 aliphatic carbocycles. The highest BCUT2D eigenvalue weighted by Crippen LogP contribution is 2.22. The highest BCUT2D eigenvalue weighted by atomic mass is 32.2. The first-order valence-electron chi connectivity index (χ1n) is 9.99. The third-order valence-corrected chi connectivity index (χ3v) is 7.73. The van der Waals surface area contributed by atoms with Crippen molar-refractivity contribution in [2.24, 2.45) is 0 Å². The van der Waals surface area contributed by atoms with Crippen LogP contribution in [0.2, 0.25) is 0 Å². The lowest BCUT2D eigenvalue weighted by atomic mass is 10.1. The van der Waals surface area contributed by atoms with Gasteiger partial charge in [0.05, 0.1) is 23.9 Å². The van der Waals surface area contributed by atoms with Gasteiger partial charge in [0.2, 0.25) is 10.0 Å². The maximum absolute atomic E-state index is 12.7. The van der Waals surface area contributed by atoms with Gasteiger partial charge >= 0.3 is 0 Å². The molecular weight excluding hydrogens is 436 g/mol. The van der Waals surface area contributed by atoms with E-state index in [9.17, 15) is 13.2 Å². The van der Waals surface area contributed by atoms with Crippen molar-refractivity contribution in [1.29, 1.82) is 0 Å². The molecule has 0 saturated carbocycles. The van der Waals surface area contributed by atoms with Crippen LogP contribution >= 0.6 is 11.3 Å². The van der Waals surface area contributed by atoms with Gasteiger partial charge in [-0.05, 0) is 25.0 Å². The molecule has 0 radical (unpaired) electrons. The number of carbonyl (C=O) groups is 1. The molecule has 1 saturated heterocycles. The van der Waals surface area contributed by atoms with Crippen molar-refractivity contribution in [2.45, 2.75) is 18.2 Å². The van der Waals surface area contributed by atoms with Gasteiger partial charge in [-0.15, -0.1) is 11.3 Å². The van der Waals surface area contributed by atoms with Crippen molar-refractivity contribution in [3.63, 3.8) is 0 Å². The minimum absolute atomic E-state index is 0.0902. The van der Waals surface area contributed by atoms with E-state index in [1.807, 2.05) is 36.6 Å². The topological polar surface area (TPSA) is 104 Å². The molecule has 2 aromatic heterocycles. The molecular formula is C21H24N4O4S2. The van der Waals surface area contributed by atoms with Crippen LogP contribution in [-0.4, -0.2) is 61.4 Å². The molecule has 164 valence electrons. The number of benzene rings is 1. The number of thiazole rings is 1. The van der Waals surface area contributed by atoms with E-state index < -0.39 is 10.0 Å². The van der Waals surface area contributed by atoms with E-state index in [1.165, 1.54) is 16.6 Å². The maximum atomic E-state index is 12.7. The second kappa shape index (κ2) is 9.31. The Morgan fingerprint density at radius 3 is 2.68 bits per heavy atom. The van der Waals surface area contributed by atoms with Crippen molar-refractivity contribution >= 4 is 27.3 Å². The quantitative estimate of drug-likeness (QED) is 0.564. The van der Waals surface area contributed by atoms with Gasteiger partial charge in [-0.25, -0.2) is 13.4 Å². The molecule has 0 bridgehead atoms. The summed E-state index contributed by atoms with van der Waals surface area (Å²) in [6, 6.07) is 9.49. The Balaban J connectivity index is 1.31. The van der Waals surface area contributed by atoms with Gasteiger partial charge in [-0.1, -0.05) is 24.3 Å². The summed E-state index contributed by atoms with van der Waals surface area (Å²) in [5.41, 5.74) is 3.36. The molecule has 1 aliphatic rings. The summed E-state index contributed by atoms with van der Waals surface area (Å²) in [7, 11) is -3.63. The predicted octanol–water partition coefficient (Wildman–Crippen LogP) is 2.44. The number of aromatic nitrogens is 2. The molecule has 31 heavy (non-hydrogen) atoms. The molecule has 1 aliphatic heterocycles. The number of carbonyl (C=O) groups excluding carboxylic acids is 1. The van der Waals surface area contributed by atoms with E-state index in [4.69, 9.17) is 4.74 Å². The number of hydrogen-bond acceptors (Lipinski definition) is 6. The number of sulfonamides is 1. The number of aryl methyl sites for hydroxylation is 1. The first-order valence-corrected chi connectivity index (χ1v) is 12.3. The molecule has 0 spiro atoms. The lowest BCUT2D eigenvalue weighted by Gasteiger charge is -2.25. The van der Waals surface area contributed by atoms with E-state index in [2.05, 4.69) is 15.3 Å². The Kier molecular flexibility index (Phi) is 6.51. The third kappa shape index (κ3) is 5.04. The number of nitrogens with zero attached hydrogens (tertiary/aromatic N) is 2. The van der Waals surface area contributed by atoms with Crippen LogP contribution in [0.25, 0.3) is 11.3 Å². The van der Waals surface area contributed by atoms with Gasteiger partial charge in [0, 0.05) is 36.8 Å². The molecule has 4 rings (SSSR count). The monoisotopic (exact) mass is 460 g/mol. The van der Waals surface area contributed by atoms with Crippen LogP contribution in [0.5, 0.6) is 0 Å². The predicted molar refractivity (Wildman–Crippen MR) is 119 cm³/mol.